The molecule has 0 aliphatic rings. The fourth-order valence-electron chi connectivity index (χ4n) is 6.29. The largest absolute Gasteiger partial charge is 0.437 e. The molecule has 0 heterocycles. The molecule has 4 aromatic carbocycles. The lowest BCUT2D eigenvalue weighted by atomic mass is 9.98. The second kappa shape index (κ2) is 22.7. The summed E-state index contributed by atoms with van der Waals surface area (Å²) in [5.41, 5.74) is 37.7. The molecule has 0 amide bonds. The first-order chi connectivity index (χ1) is 25.8. The lowest BCUT2D eigenvalue weighted by Gasteiger charge is -2.38. The minimum atomic E-state index is -2.03. The van der Waals surface area contributed by atoms with E-state index in [2.05, 4.69) is 77.4 Å². The van der Waals surface area contributed by atoms with Crippen LogP contribution in [0.2, 0.25) is 51.4 Å². The molecule has 302 valence electrons. The van der Waals surface area contributed by atoms with Crippen molar-refractivity contribution in [2.75, 3.05) is 30.3 Å². The lowest BCUT2D eigenvalue weighted by Crippen LogP contribution is -2.52. The summed E-state index contributed by atoms with van der Waals surface area (Å²) >= 11 is 0. The van der Waals surface area contributed by atoms with Crippen molar-refractivity contribution < 1.29 is 17.8 Å². The summed E-state index contributed by atoms with van der Waals surface area (Å²) in [7, 11) is -5.31. The van der Waals surface area contributed by atoms with Crippen molar-refractivity contribution in [1.82, 2.24) is 0 Å². The first-order valence-electron chi connectivity index (χ1n) is 19.5. The van der Waals surface area contributed by atoms with Crippen molar-refractivity contribution in [3.63, 3.8) is 0 Å². The van der Waals surface area contributed by atoms with E-state index in [1.165, 1.54) is 22.3 Å². The number of nitrogen functional groups attached to an aromatic ring is 3. The highest BCUT2D eigenvalue weighted by molar-refractivity contribution is 6.87. The van der Waals surface area contributed by atoms with Crippen LogP contribution in [0.3, 0.4) is 0 Å². The third-order valence-electron chi connectivity index (χ3n) is 8.97. The second-order valence-electron chi connectivity index (χ2n) is 15.7. The van der Waals surface area contributed by atoms with Crippen LogP contribution in [0.15, 0.2) is 84.9 Å². The number of hydrogen-bond acceptors (Lipinski definition) is 9. The van der Waals surface area contributed by atoms with E-state index in [0.717, 1.165) is 74.2 Å². The number of rotatable bonds is 16. The first-order valence-corrected chi connectivity index (χ1v) is 28.6. The Hall–Kier alpha value is -3.76. The Bertz CT molecular complexity index is 1680. The van der Waals surface area contributed by atoms with Crippen LogP contribution in [0.25, 0.3) is 0 Å². The summed E-state index contributed by atoms with van der Waals surface area (Å²) in [6.07, 6.45) is 4.99. The number of aryl methyl sites for hydroxylation is 3. The van der Waals surface area contributed by atoms with Gasteiger partial charge in [-0.05, 0) is 174 Å². The van der Waals surface area contributed by atoms with Gasteiger partial charge in [-0.25, -0.2) is 4.79 Å². The van der Waals surface area contributed by atoms with Crippen molar-refractivity contribution >= 4 is 48.2 Å². The van der Waals surface area contributed by atoms with Gasteiger partial charge in [0.15, 0.2) is 16.6 Å². The maximum absolute atomic E-state index is 11.7. The monoisotopic (exact) mass is 803 g/mol. The fourth-order valence-corrected chi connectivity index (χ4v) is 20.4. The number of esters is 1. The predicted octanol–water partition coefficient (Wildman–Crippen LogP) is 9.19. The molecule has 9 nitrogen and oxygen atoms in total. The van der Waals surface area contributed by atoms with Gasteiger partial charge in [-0.2, -0.15) is 0 Å². The Morgan fingerprint density at radius 1 is 0.618 bits per heavy atom. The van der Waals surface area contributed by atoms with Gasteiger partial charge in [-0.15, -0.1) is 0 Å². The van der Waals surface area contributed by atoms with Crippen LogP contribution in [0.4, 0.5) is 17.1 Å². The summed E-state index contributed by atoms with van der Waals surface area (Å²) in [5.74, 6) is 0.159. The SMILES string of the molecule is CCc1cc(Cc2ccc(N)c(CC)c2)ccc1N.C[Si](C)(CCCN)O[Si](C)(C)O[Si](C)(C)CCCN.Cc1ccc(OC(=O)c2ccc(N)cc2)cc1. The van der Waals surface area contributed by atoms with Crippen molar-refractivity contribution in [3.05, 3.63) is 118 Å². The molecule has 0 fully saturated rings. The van der Waals surface area contributed by atoms with Crippen LogP contribution in [0.1, 0.15) is 64.9 Å². The third-order valence-corrected chi connectivity index (χ3v) is 20.4. The van der Waals surface area contributed by atoms with Gasteiger partial charge in [-0.1, -0.05) is 55.8 Å². The molecule has 0 unspecified atom stereocenters. The minimum absolute atomic E-state index is 0.381. The van der Waals surface area contributed by atoms with E-state index in [1.807, 2.05) is 31.2 Å². The molecular weight excluding hydrogens is 735 g/mol. The van der Waals surface area contributed by atoms with E-state index in [9.17, 15) is 4.79 Å². The highest BCUT2D eigenvalue weighted by Gasteiger charge is 2.39. The molecule has 0 bridgehead atoms. The Labute approximate surface area is 334 Å². The van der Waals surface area contributed by atoms with Gasteiger partial charge in [-0.3, -0.25) is 0 Å². The van der Waals surface area contributed by atoms with Crippen LogP contribution in [0, 0.1) is 6.92 Å². The highest BCUT2D eigenvalue weighted by atomic mass is 28.5. The van der Waals surface area contributed by atoms with Gasteiger partial charge in [0.05, 0.1) is 5.56 Å². The van der Waals surface area contributed by atoms with Gasteiger partial charge < -0.3 is 41.6 Å². The van der Waals surface area contributed by atoms with E-state index in [0.29, 0.717) is 17.0 Å². The zero-order chi connectivity index (χ0) is 41.2. The Morgan fingerprint density at radius 2 is 1.05 bits per heavy atom. The van der Waals surface area contributed by atoms with Crippen molar-refractivity contribution in [2.45, 2.75) is 104 Å². The predicted molar refractivity (Wildman–Crippen MR) is 242 cm³/mol. The molecule has 55 heavy (non-hydrogen) atoms. The molecular formula is C43H69N5O4Si3. The number of benzene rings is 4. The van der Waals surface area contributed by atoms with Crippen molar-refractivity contribution in [2.24, 2.45) is 11.5 Å². The second-order valence-corrected chi connectivity index (χ2v) is 28.2. The summed E-state index contributed by atoms with van der Waals surface area (Å²) < 4.78 is 18.1. The highest BCUT2D eigenvalue weighted by Crippen LogP contribution is 2.26. The molecule has 0 radical (unpaired) electrons. The standard InChI is InChI=1S/C17H22N2.C14H13NO2.C12H34N2O2Si3/c1-3-14-10-12(5-7-16(14)18)9-13-6-8-17(19)15(4-2)11-13;1-10-2-8-13(9-3-10)17-14(16)11-4-6-12(15)7-5-11;1-17(2,11-7-9-13)15-19(5,6)16-18(3,4)12-8-10-14/h5-8,10-11H,3-4,9,18-19H2,1-2H3;2-9H,15H2,1H3;7-14H2,1-6H3. The molecule has 4 rings (SSSR count). The molecule has 0 aliphatic carbocycles. The number of carbonyl (C=O) groups excluding carboxylic acids is 1. The molecule has 0 aliphatic heterocycles. The molecule has 0 saturated carbocycles. The summed E-state index contributed by atoms with van der Waals surface area (Å²) in [6.45, 7) is 21.2. The number of anilines is 3. The van der Waals surface area contributed by atoms with Crippen LogP contribution < -0.4 is 33.4 Å². The first kappa shape index (κ1) is 47.4. The minimum Gasteiger partial charge on any atom is -0.437 e. The zero-order valence-electron chi connectivity index (χ0n) is 35.0. The van der Waals surface area contributed by atoms with E-state index in [1.54, 1.807) is 36.4 Å². The number of nitrogens with two attached hydrogens (primary N) is 5. The van der Waals surface area contributed by atoms with Crippen LogP contribution in [-0.2, 0) is 27.5 Å². The zero-order valence-corrected chi connectivity index (χ0v) is 38.0. The maximum atomic E-state index is 11.7. The average molecular weight is 804 g/mol. The average Bonchev–Trinajstić information content (AvgIpc) is 3.12. The summed E-state index contributed by atoms with van der Waals surface area (Å²) in [5, 5.41) is 0. The lowest BCUT2D eigenvalue weighted by molar-refractivity contribution is 0.0734. The number of carbonyl (C=O) groups is 1. The molecule has 10 N–H and O–H groups in total. The molecule has 0 spiro atoms. The quantitative estimate of drug-likeness (QED) is 0.0320. The summed E-state index contributed by atoms with van der Waals surface area (Å²) in [6, 6.07) is 28.8. The molecule has 0 atom stereocenters. The molecule has 4 aromatic rings. The molecule has 0 saturated heterocycles. The van der Waals surface area contributed by atoms with Crippen molar-refractivity contribution in [1.29, 1.82) is 0 Å². The summed E-state index contributed by atoms with van der Waals surface area (Å²) in [4.78, 5) is 11.7. The van der Waals surface area contributed by atoms with Crippen molar-refractivity contribution in [3.8, 4) is 5.75 Å². The van der Waals surface area contributed by atoms with Gasteiger partial charge >= 0.3 is 14.5 Å². The van der Waals surface area contributed by atoms with E-state index in [4.69, 9.17) is 41.6 Å². The molecule has 0 aromatic heterocycles. The Kier molecular flexibility index (Phi) is 19.6. The van der Waals surface area contributed by atoms with Gasteiger partial charge in [0.2, 0.25) is 0 Å². The van der Waals surface area contributed by atoms with E-state index in [-0.39, 0.29) is 5.97 Å². The van der Waals surface area contributed by atoms with Crippen LogP contribution in [0.5, 0.6) is 5.75 Å². The van der Waals surface area contributed by atoms with Gasteiger partial charge in [0, 0.05) is 17.1 Å². The molecule has 12 heteroatoms. The Morgan fingerprint density at radius 3 is 1.45 bits per heavy atom. The van der Waals surface area contributed by atoms with Crippen LogP contribution >= 0.6 is 0 Å². The van der Waals surface area contributed by atoms with E-state index >= 15 is 0 Å². The number of ether oxygens (including phenoxy) is 1. The smallest absolute Gasteiger partial charge is 0.343 e. The fraction of sp³-hybridized carbons (Fsp3) is 0.419. The van der Waals surface area contributed by atoms with Gasteiger partial charge in [0.25, 0.3) is 0 Å². The normalized spacial score (nSPS) is 11.5. The third kappa shape index (κ3) is 18.2. The van der Waals surface area contributed by atoms with E-state index < -0.39 is 25.2 Å². The van der Waals surface area contributed by atoms with Crippen LogP contribution in [-0.4, -0.2) is 44.3 Å². The topological polar surface area (TPSA) is 175 Å². The maximum Gasteiger partial charge on any atom is 0.343 e. The Balaban J connectivity index is 0.000000285. The van der Waals surface area contributed by atoms with Gasteiger partial charge in [0.1, 0.15) is 5.75 Å². The number of hydrogen-bond donors (Lipinski definition) is 5.